The molecule has 0 unspecified atom stereocenters. The van der Waals surface area contributed by atoms with E-state index in [1.54, 1.807) is 0 Å². The lowest BCUT2D eigenvalue weighted by molar-refractivity contribution is 1.19. The maximum atomic E-state index is 9.80. The van der Waals surface area contributed by atoms with Crippen LogP contribution in [0.2, 0.25) is 19.6 Å². The fraction of sp³-hybridized carbons (Fsp3) is 0.0833. The van der Waals surface area contributed by atoms with Crippen LogP contribution in [0, 0.1) is 24.8 Å². The molecule has 0 bridgehead atoms. The van der Waals surface area contributed by atoms with Gasteiger partial charge < -0.3 is 13.5 Å². The van der Waals surface area contributed by atoms with E-state index in [0.29, 0.717) is 11.3 Å². The summed E-state index contributed by atoms with van der Waals surface area (Å²) in [5.74, 6) is 0. The van der Waals surface area contributed by atoms with E-state index in [-0.39, 0.29) is 0 Å². The Morgan fingerprint density at radius 3 is 1.70 bits per heavy atom. The van der Waals surface area contributed by atoms with Crippen LogP contribution >= 0.6 is 0 Å². The van der Waals surface area contributed by atoms with Crippen molar-refractivity contribution in [2.45, 2.75) is 26.6 Å². The van der Waals surface area contributed by atoms with Gasteiger partial charge in [0.15, 0.2) is 5.69 Å². The van der Waals surface area contributed by atoms with Gasteiger partial charge in [-0.2, -0.15) is 5.26 Å². The summed E-state index contributed by atoms with van der Waals surface area (Å²) in [6.07, 6.45) is 0. The lowest BCUT2D eigenvalue weighted by Crippen LogP contribution is -2.37. The standard InChI is InChI=1S/C48H33N5Si/c1-28-15-19-38-34(23-28)35-24-29(27-49)16-20-39(35)51(38)42-11-7-13-44-46(42)32-9-6-10-33-47-43(12-8-14-45(47)53(44)48(32)33)52-40-21-17-30(50-2)25-36(40)37-26-31(54(3,4)5)18-22-41(37)52/h6-26H,1,3-5H3. The third kappa shape index (κ3) is 3.95. The van der Waals surface area contributed by atoms with Crippen LogP contribution in [0.4, 0.5) is 5.69 Å². The smallest absolute Gasteiger partial charge is 0.188 e. The topological polar surface area (TPSA) is 42.4 Å². The maximum Gasteiger partial charge on any atom is 0.188 e. The lowest BCUT2D eigenvalue weighted by Gasteiger charge is -2.17. The number of aryl methyl sites for hydroxylation is 1. The molecule has 0 amide bonds. The van der Waals surface area contributed by atoms with Gasteiger partial charge in [0.2, 0.25) is 0 Å². The molecule has 4 heterocycles. The molecular weight excluding hydrogens is 675 g/mol. The van der Waals surface area contributed by atoms with Crippen molar-refractivity contribution >= 4 is 101 Å². The average molecular weight is 708 g/mol. The number of aromatic nitrogens is 3. The van der Waals surface area contributed by atoms with Crippen molar-refractivity contribution in [2.75, 3.05) is 0 Å². The Labute approximate surface area is 312 Å². The molecule has 254 valence electrons. The zero-order valence-corrected chi connectivity index (χ0v) is 31.4. The summed E-state index contributed by atoms with van der Waals surface area (Å²) in [5, 5.41) is 20.6. The molecule has 0 saturated heterocycles. The molecule has 0 aliphatic heterocycles. The Morgan fingerprint density at radius 1 is 0.556 bits per heavy atom. The number of hydrogen-bond acceptors (Lipinski definition) is 1. The molecule has 0 spiro atoms. The summed E-state index contributed by atoms with van der Waals surface area (Å²) < 4.78 is 7.26. The molecule has 5 nitrogen and oxygen atoms in total. The molecule has 6 heteroatoms. The molecule has 54 heavy (non-hydrogen) atoms. The summed E-state index contributed by atoms with van der Waals surface area (Å²) in [6.45, 7) is 17.1. The van der Waals surface area contributed by atoms with E-state index >= 15 is 0 Å². The highest BCUT2D eigenvalue weighted by atomic mass is 28.3. The van der Waals surface area contributed by atoms with Crippen molar-refractivity contribution in [3.05, 3.63) is 150 Å². The molecule has 0 aliphatic carbocycles. The van der Waals surface area contributed by atoms with Crippen molar-refractivity contribution in [1.82, 2.24) is 13.5 Å². The number of nitriles is 1. The third-order valence-corrected chi connectivity index (χ3v) is 13.6. The summed E-state index contributed by atoms with van der Waals surface area (Å²) in [4.78, 5) is 3.82. The predicted octanol–water partition coefficient (Wildman–Crippen LogP) is 12.3. The number of fused-ring (bicyclic) bond motifs is 12. The first kappa shape index (κ1) is 30.7. The van der Waals surface area contributed by atoms with E-state index in [2.05, 4.69) is 160 Å². The van der Waals surface area contributed by atoms with Gasteiger partial charge in [-0.3, -0.25) is 0 Å². The Kier molecular flexibility index (Phi) is 6.04. The number of benzene rings is 7. The van der Waals surface area contributed by atoms with Crippen LogP contribution in [0.3, 0.4) is 0 Å². The number of para-hydroxylation sites is 1. The molecule has 0 atom stereocenters. The molecule has 0 saturated carbocycles. The molecule has 4 aromatic heterocycles. The van der Waals surface area contributed by atoms with Crippen LogP contribution in [0.5, 0.6) is 0 Å². The minimum atomic E-state index is -1.59. The minimum Gasteiger partial charge on any atom is -0.309 e. The second-order valence-corrected chi connectivity index (χ2v) is 20.8. The van der Waals surface area contributed by atoms with E-state index in [1.165, 1.54) is 43.2 Å². The largest absolute Gasteiger partial charge is 0.309 e. The highest BCUT2D eigenvalue weighted by Gasteiger charge is 2.25. The van der Waals surface area contributed by atoms with Gasteiger partial charge >= 0.3 is 0 Å². The fourth-order valence-electron chi connectivity index (χ4n) is 9.19. The second-order valence-electron chi connectivity index (χ2n) is 15.7. The molecule has 0 radical (unpaired) electrons. The van der Waals surface area contributed by atoms with E-state index in [9.17, 15) is 5.26 Å². The molecule has 11 rings (SSSR count). The molecule has 0 fully saturated rings. The Hall–Kier alpha value is -6.86. The van der Waals surface area contributed by atoms with E-state index in [4.69, 9.17) is 6.57 Å². The Balaban J connectivity index is 1.25. The van der Waals surface area contributed by atoms with Crippen LogP contribution in [-0.2, 0) is 0 Å². The van der Waals surface area contributed by atoms with Gasteiger partial charge in [0, 0.05) is 37.7 Å². The number of hydrogen-bond donors (Lipinski definition) is 0. The molecule has 0 N–H and O–H groups in total. The first-order chi connectivity index (χ1) is 26.2. The van der Waals surface area contributed by atoms with Gasteiger partial charge in [0.05, 0.1) is 76.3 Å². The Morgan fingerprint density at radius 2 is 1.09 bits per heavy atom. The fourth-order valence-corrected chi connectivity index (χ4v) is 10.3. The normalized spacial score (nSPS) is 12.4. The maximum absolute atomic E-state index is 9.80. The predicted molar refractivity (Wildman–Crippen MR) is 228 cm³/mol. The first-order valence-electron chi connectivity index (χ1n) is 18.4. The lowest BCUT2D eigenvalue weighted by atomic mass is 10.1. The first-order valence-corrected chi connectivity index (χ1v) is 21.9. The van der Waals surface area contributed by atoms with Crippen LogP contribution < -0.4 is 5.19 Å². The van der Waals surface area contributed by atoms with Gasteiger partial charge in [0.25, 0.3) is 0 Å². The molecule has 7 aromatic carbocycles. The SMILES string of the molecule is [C-]#[N+]c1ccc2c(c1)c1cc([Si](C)(C)C)ccc1n2-c1cccc2c1c1cccc3c4c(-n5c6ccc(C)cc6c6cc(C#N)ccc65)cccc4n2c31. The van der Waals surface area contributed by atoms with Gasteiger partial charge in [0.1, 0.15) is 0 Å². The number of rotatable bonds is 3. The van der Waals surface area contributed by atoms with Crippen molar-refractivity contribution in [2.24, 2.45) is 0 Å². The number of nitrogens with zero attached hydrogens (tertiary/aromatic N) is 5. The van der Waals surface area contributed by atoms with E-state index in [0.717, 1.165) is 60.6 Å². The molecule has 0 aliphatic rings. The molecular formula is C48H33N5Si. The van der Waals surface area contributed by atoms with Crippen molar-refractivity contribution in [1.29, 1.82) is 5.26 Å². The molecule has 11 aromatic rings. The van der Waals surface area contributed by atoms with Crippen LogP contribution in [0.25, 0.3) is 97.9 Å². The quantitative estimate of drug-likeness (QED) is 0.133. The average Bonchev–Trinajstić information content (AvgIpc) is 3.91. The third-order valence-electron chi connectivity index (χ3n) is 11.6. The van der Waals surface area contributed by atoms with Crippen molar-refractivity contribution in [3.8, 4) is 17.4 Å². The summed E-state index contributed by atoms with van der Waals surface area (Å²) >= 11 is 0. The van der Waals surface area contributed by atoms with Gasteiger partial charge in [-0.1, -0.05) is 85.0 Å². The summed E-state index contributed by atoms with van der Waals surface area (Å²) in [6, 6.07) is 48.3. The van der Waals surface area contributed by atoms with Gasteiger partial charge in [-0.25, -0.2) is 4.85 Å². The van der Waals surface area contributed by atoms with E-state index < -0.39 is 8.07 Å². The zero-order valence-electron chi connectivity index (χ0n) is 30.4. The zero-order chi connectivity index (χ0) is 36.6. The van der Waals surface area contributed by atoms with Crippen LogP contribution in [0.15, 0.2) is 127 Å². The summed E-state index contributed by atoms with van der Waals surface area (Å²) in [7, 11) is -1.59. The highest BCUT2D eigenvalue weighted by Crippen LogP contribution is 2.46. The highest BCUT2D eigenvalue weighted by molar-refractivity contribution is 6.88. The van der Waals surface area contributed by atoms with Crippen molar-refractivity contribution < 1.29 is 0 Å². The van der Waals surface area contributed by atoms with Crippen LogP contribution in [0.1, 0.15) is 11.1 Å². The van der Waals surface area contributed by atoms with Gasteiger partial charge in [-0.15, -0.1) is 0 Å². The van der Waals surface area contributed by atoms with Crippen molar-refractivity contribution in [3.63, 3.8) is 0 Å². The summed E-state index contributed by atoms with van der Waals surface area (Å²) in [5.41, 5.74) is 12.8. The monoisotopic (exact) mass is 707 g/mol. The van der Waals surface area contributed by atoms with E-state index in [1.807, 2.05) is 18.2 Å². The minimum absolute atomic E-state index is 0.658. The van der Waals surface area contributed by atoms with Gasteiger partial charge in [-0.05, 0) is 85.1 Å². The second kappa shape index (κ2) is 10.6. The Bertz CT molecular complexity index is 3520. The van der Waals surface area contributed by atoms with Crippen LogP contribution in [-0.4, -0.2) is 21.6 Å².